The summed E-state index contributed by atoms with van der Waals surface area (Å²) in [4.78, 5) is 23.8. The highest BCUT2D eigenvalue weighted by Gasteiger charge is 2.09. The highest BCUT2D eigenvalue weighted by Crippen LogP contribution is 2.29. The molecule has 148 valence electrons. The number of amides is 2. The number of benzene rings is 2. The lowest BCUT2D eigenvalue weighted by Gasteiger charge is -2.09. The molecule has 2 rings (SSSR count). The van der Waals surface area contributed by atoms with Gasteiger partial charge in [-0.3, -0.25) is 9.59 Å². The van der Waals surface area contributed by atoms with Gasteiger partial charge in [0.1, 0.15) is 5.75 Å². The fourth-order valence-corrected chi connectivity index (χ4v) is 2.37. The van der Waals surface area contributed by atoms with Crippen molar-refractivity contribution in [3.63, 3.8) is 0 Å². The Hall–Kier alpha value is -3.55. The van der Waals surface area contributed by atoms with E-state index in [-0.39, 0.29) is 24.7 Å². The van der Waals surface area contributed by atoms with E-state index in [2.05, 4.69) is 15.8 Å². The van der Waals surface area contributed by atoms with Crippen LogP contribution in [0, 0.1) is 0 Å². The largest absolute Gasteiger partial charge is 0.497 e. The monoisotopic (exact) mass is 385 g/mol. The number of carbonyl (C=O) groups excluding carboxylic acids is 2. The molecular formula is C20H23N3O5. The van der Waals surface area contributed by atoms with Crippen molar-refractivity contribution >= 4 is 23.7 Å². The Balaban J connectivity index is 1.80. The summed E-state index contributed by atoms with van der Waals surface area (Å²) >= 11 is 0. The van der Waals surface area contributed by atoms with E-state index in [1.54, 1.807) is 49.6 Å². The molecule has 2 N–H and O–H groups in total. The van der Waals surface area contributed by atoms with Crippen molar-refractivity contribution in [1.82, 2.24) is 5.43 Å². The van der Waals surface area contributed by atoms with Gasteiger partial charge >= 0.3 is 0 Å². The van der Waals surface area contributed by atoms with Crippen LogP contribution in [0.5, 0.6) is 17.2 Å². The Bertz CT molecular complexity index is 834. The van der Waals surface area contributed by atoms with E-state index in [9.17, 15) is 9.59 Å². The number of rotatable bonds is 9. The van der Waals surface area contributed by atoms with Gasteiger partial charge in [-0.05, 0) is 36.4 Å². The van der Waals surface area contributed by atoms with E-state index in [0.29, 0.717) is 28.5 Å². The van der Waals surface area contributed by atoms with E-state index in [1.807, 2.05) is 0 Å². The van der Waals surface area contributed by atoms with Gasteiger partial charge in [-0.2, -0.15) is 5.10 Å². The van der Waals surface area contributed by atoms with Gasteiger partial charge in [0.25, 0.3) is 0 Å². The molecule has 0 aliphatic rings. The Kier molecular flexibility index (Phi) is 7.83. The number of carbonyl (C=O) groups is 2. The summed E-state index contributed by atoms with van der Waals surface area (Å²) in [6.45, 7) is 0. The zero-order chi connectivity index (χ0) is 20.4. The molecule has 0 aromatic heterocycles. The Labute approximate surface area is 163 Å². The summed E-state index contributed by atoms with van der Waals surface area (Å²) in [6, 6.07) is 12.3. The molecule has 0 atom stereocenters. The highest BCUT2D eigenvalue weighted by molar-refractivity contribution is 5.93. The van der Waals surface area contributed by atoms with Crippen LogP contribution >= 0.6 is 0 Å². The Morgan fingerprint density at radius 1 is 0.929 bits per heavy atom. The number of para-hydroxylation sites is 1. The molecule has 2 aromatic carbocycles. The molecule has 2 amide bonds. The molecule has 0 bridgehead atoms. The van der Waals surface area contributed by atoms with Crippen LogP contribution in [-0.2, 0) is 9.59 Å². The van der Waals surface area contributed by atoms with E-state index >= 15 is 0 Å². The standard InChI is InChI=1S/C20H23N3O5/c1-26-16-9-7-15(8-10-16)22-18(24)11-12-19(25)23-21-13-14-5-4-6-17(27-2)20(14)28-3/h4-10,13H,11-12H2,1-3H3,(H,22,24)(H,23,25). The number of hydrazone groups is 1. The maximum absolute atomic E-state index is 11.9. The zero-order valence-electron chi connectivity index (χ0n) is 16.0. The third kappa shape index (κ3) is 6.01. The van der Waals surface area contributed by atoms with Gasteiger partial charge in [0.05, 0.1) is 27.5 Å². The van der Waals surface area contributed by atoms with Crippen molar-refractivity contribution in [1.29, 1.82) is 0 Å². The van der Waals surface area contributed by atoms with Crippen molar-refractivity contribution in [3.8, 4) is 17.2 Å². The quantitative estimate of drug-likeness (QED) is 0.511. The molecule has 0 saturated heterocycles. The normalized spacial score (nSPS) is 10.4. The van der Waals surface area contributed by atoms with E-state index in [4.69, 9.17) is 14.2 Å². The Morgan fingerprint density at radius 2 is 1.64 bits per heavy atom. The van der Waals surface area contributed by atoms with Crippen LogP contribution in [0.3, 0.4) is 0 Å². The minimum atomic E-state index is -0.372. The second-order valence-corrected chi connectivity index (χ2v) is 5.65. The lowest BCUT2D eigenvalue weighted by Crippen LogP contribution is -2.20. The minimum absolute atomic E-state index is 0.00851. The van der Waals surface area contributed by atoms with Gasteiger partial charge < -0.3 is 19.5 Å². The van der Waals surface area contributed by atoms with Crippen molar-refractivity contribution in [3.05, 3.63) is 48.0 Å². The summed E-state index contributed by atoms with van der Waals surface area (Å²) in [7, 11) is 4.63. The van der Waals surface area contributed by atoms with Crippen molar-refractivity contribution in [2.24, 2.45) is 5.10 Å². The number of anilines is 1. The van der Waals surface area contributed by atoms with Crippen molar-refractivity contribution in [2.45, 2.75) is 12.8 Å². The first-order chi connectivity index (χ1) is 13.6. The molecule has 2 aromatic rings. The van der Waals surface area contributed by atoms with Gasteiger partial charge in [-0.15, -0.1) is 0 Å². The van der Waals surface area contributed by atoms with Crippen LogP contribution < -0.4 is 25.0 Å². The first kappa shape index (κ1) is 20.8. The fraction of sp³-hybridized carbons (Fsp3) is 0.250. The predicted octanol–water partition coefficient (Wildman–Crippen LogP) is 2.58. The van der Waals surface area contributed by atoms with Crippen LogP contribution in [0.25, 0.3) is 0 Å². The molecule has 0 fully saturated rings. The number of hydrogen-bond acceptors (Lipinski definition) is 6. The van der Waals surface area contributed by atoms with Crippen LogP contribution in [0.1, 0.15) is 18.4 Å². The molecule has 0 aliphatic carbocycles. The average molecular weight is 385 g/mol. The predicted molar refractivity (Wildman–Crippen MR) is 106 cm³/mol. The Morgan fingerprint density at radius 3 is 2.29 bits per heavy atom. The molecule has 8 nitrogen and oxygen atoms in total. The maximum Gasteiger partial charge on any atom is 0.240 e. The van der Waals surface area contributed by atoms with Crippen LogP contribution in [0.15, 0.2) is 47.6 Å². The lowest BCUT2D eigenvalue weighted by molar-refractivity contribution is -0.124. The number of methoxy groups -OCH3 is 3. The first-order valence-electron chi connectivity index (χ1n) is 8.54. The lowest BCUT2D eigenvalue weighted by atomic mass is 10.2. The summed E-state index contributed by atoms with van der Waals surface area (Å²) in [5, 5.41) is 6.62. The molecule has 0 heterocycles. The van der Waals surface area contributed by atoms with Crippen LogP contribution in [0.2, 0.25) is 0 Å². The van der Waals surface area contributed by atoms with Gasteiger partial charge in [-0.1, -0.05) is 6.07 Å². The van der Waals surface area contributed by atoms with Gasteiger partial charge in [0.15, 0.2) is 11.5 Å². The second kappa shape index (κ2) is 10.6. The zero-order valence-corrected chi connectivity index (χ0v) is 16.0. The third-order valence-corrected chi connectivity index (χ3v) is 3.78. The molecule has 0 spiro atoms. The summed E-state index contributed by atoms with van der Waals surface area (Å²) in [6.07, 6.45) is 1.50. The maximum atomic E-state index is 11.9. The number of hydrogen-bond donors (Lipinski definition) is 2. The highest BCUT2D eigenvalue weighted by atomic mass is 16.5. The average Bonchev–Trinajstić information content (AvgIpc) is 2.72. The van der Waals surface area contributed by atoms with Crippen LogP contribution in [0.4, 0.5) is 5.69 Å². The molecule has 0 radical (unpaired) electrons. The number of nitrogens with one attached hydrogen (secondary N) is 2. The number of ether oxygens (including phenoxy) is 3. The van der Waals surface area contributed by atoms with Gasteiger partial charge in [-0.25, -0.2) is 5.43 Å². The molecule has 0 unspecified atom stereocenters. The van der Waals surface area contributed by atoms with E-state index in [1.165, 1.54) is 20.4 Å². The van der Waals surface area contributed by atoms with E-state index < -0.39 is 0 Å². The molecule has 8 heteroatoms. The minimum Gasteiger partial charge on any atom is -0.497 e. The summed E-state index contributed by atoms with van der Waals surface area (Å²) < 4.78 is 15.5. The van der Waals surface area contributed by atoms with Crippen molar-refractivity contribution < 1.29 is 23.8 Å². The second-order valence-electron chi connectivity index (χ2n) is 5.65. The molecule has 28 heavy (non-hydrogen) atoms. The molecule has 0 aliphatic heterocycles. The summed E-state index contributed by atoms with van der Waals surface area (Å²) in [5.41, 5.74) is 3.68. The SMILES string of the molecule is COc1ccc(NC(=O)CCC(=O)NN=Cc2cccc(OC)c2OC)cc1. The first-order valence-corrected chi connectivity index (χ1v) is 8.54. The fourth-order valence-electron chi connectivity index (χ4n) is 2.37. The van der Waals surface area contributed by atoms with Gasteiger partial charge in [0, 0.05) is 24.1 Å². The van der Waals surface area contributed by atoms with E-state index in [0.717, 1.165) is 0 Å². The topological polar surface area (TPSA) is 98.2 Å². The van der Waals surface area contributed by atoms with Gasteiger partial charge in [0.2, 0.25) is 11.8 Å². The third-order valence-electron chi connectivity index (χ3n) is 3.78. The molecular weight excluding hydrogens is 362 g/mol. The van der Waals surface area contributed by atoms with Crippen molar-refractivity contribution in [2.75, 3.05) is 26.6 Å². The summed E-state index contributed by atoms with van der Waals surface area (Å²) in [5.74, 6) is 1.14. The number of nitrogens with zero attached hydrogens (tertiary/aromatic N) is 1. The smallest absolute Gasteiger partial charge is 0.240 e. The molecule has 0 saturated carbocycles. The van der Waals surface area contributed by atoms with Crippen LogP contribution in [-0.4, -0.2) is 39.4 Å².